The standard InChI is InChI=1S/C16H29P/c1-5-13(3)8-7-9-17-12-15(6-2)16-10-14(4)11-16/h8,10,15-17H,5-7,9,11-12H2,1-4H3/b13-8+. The topological polar surface area (TPSA) is 0 Å². The van der Waals surface area contributed by atoms with Crippen molar-refractivity contribution in [2.24, 2.45) is 11.8 Å². The third-order valence-electron chi connectivity index (χ3n) is 3.96. The van der Waals surface area contributed by atoms with Gasteiger partial charge in [-0.1, -0.05) is 43.6 Å². The van der Waals surface area contributed by atoms with E-state index in [2.05, 4.69) is 39.8 Å². The highest BCUT2D eigenvalue weighted by Crippen LogP contribution is 2.36. The van der Waals surface area contributed by atoms with E-state index >= 15 is 0 Å². The van der Waals surface area contributed by atoms with Crippen LogP contribution in [0.15, 0.2) is 23.3 Å². The summed E-state index contributed by atoms with van der Waals surface area (Å²) in [5.74, 6) is 1.88. The fourth-order valence-corrected chi connectivity index (χ4v) is 3.97. The molecular formula is C16H29P. The van der Waals surface area contributed by atoms with Crippen molar-refractivity contribution < 1.29 is 0 Å². The van der Waals surface area contributed by atoms with Gasteiger partial charge in [0, 0.05) is 0 Å². The summed E-state index contributed by atoms with van der Waals surface area (Å²) in [5, 5.41) is 0. The fraction of sp³-hybridized carbons (Fsp3) is 0.750. The van der Waals surface area contributed by atoms with Crippen LogP contribution in [0.25, 0.3) is 0 Å². The van der Waals surface area contributed by atoms with Crippen LogP contribution in [-0.4, -0.2) is 12.3 Å². The monoisotopic (exact) mass is 252 g/mol. The average Bonchev–Trinajstić information content (AvgIpc) is 2.30. The normalized spacial score (nSPS) is 22.7. The Balaban J connectivity index is 2.12. The van der Waals surface area contributed by atoms with Crippen molar-refractivity contribution in [1.29, 1.82) is 0 Å². The lowest BCUT2D eigenvalue weighted by Gasteiger charge is -2.31. The van der Waals surface area contributed by atoms with Gasteiger partial charge in [0.25, 0.3) is 0 Å². The van der Waals surface area contributed by atoms with Crippen molar-refractivity contribution in [1.82, 2.24) is 0 Å². The van der Waals surface area contributed by atoms with Gasteiger partial charge >= 0.3 is 0 Å². The Hall–Kier alpha value is -0.0900. The lowest BCUT2D eigenvalue weighted by Crippen LogP contribution is -2.20. The number of allylic oxidation sites excluding steroid dienone is 4. The molecule has 0 bridgehead atoms. The van der Waals surface area contributed by atoms with E-state index < -0.39 is 0 Å². The number of hydrogen-bond acceptors (Lipinski definition) is 0. The highest BCUT2D eigenvalue weighted by Gasteiger charge is 2.23. The molecule has 0 aromatic rings. The summed E-state index contributed by atoms with van der Waals surface area (Å²) in [4.78, 5) is 0. The van der Waals surface area contributed by atoms with Crippen molar-refractivity contribution in [3.8, 4) is 0 Å². The van der Waals surface area contributed by atoms with Crippen LogP contribution in [0.2, 0.25) is 0 Å². The summed E-state index contributed by atoms with van der Waals surface area (Å²) in [6.07, 6.45) is 13.1. The maximum atomic E-state index is 2.50. The Bertz CT molecular complexity index is 275. The van der Waals surface area contributed by atoms with Crippen LogP contribution >= 0.6 is 8.58 Å². The molecule has 0 radical (unpaired) electrons. The van der Waals surface area contributed by atoms with Gasteiger partial charge in [-0.2, -0.15) is 0 Å². The van der Waals surface area contributed by atoms with E-state index in [-0.39, 0.29) is 0 Å². The van der Waals surface area contributed by atoms with Crippen molar-refractivity contribution in [2.45, 2.75) is 53.4 Å². The Morgan fingerprint density at radius 2 is 2.24 bits per heavy atom. The van der Waals surface area contributed by atoms with Gasteiger partial charge < -0.3 is 0 Å². The first-order valence-corrected chi connectivity index (χ1v) is 8.62. The van der Waals surface area contributed by atoms with E-state index in [1.165, 1.54) is 46.6 Å². The lowest BCUT2D eigenvalue weighted by molar-refractivity contribution is 0.387. The smallest absolute Gasteiger partial charge is 0.0162 e. The van der Waals surface area contributed by atoms with E-state index in [4.69, 9.17) is 0 Å². The minimum absolute atomic E-state index is 0.917. The van der Waals surface area contributed by atoms with E-state index in [0.29, 0.717) is 0 Å². The largest absolute Gasteiger partial charge is 0.121 e. The predicted octanol–water partition coefficient (Wildman–Crippen LogP) is 5.40. The Kier molecular flexibility index (Phi) is 7.12. The van der Waals surface area contributed by atoms with E-state index in [1.807, 2.05) is 0 Å². The molecule has 1 rings (SSSR count). The number of hydrogen-bond donors (Lipinski definition) is 0. The SMILES string of the molecule is CC/C(C)=C/CCPCC(CC)C1C=C(C)C1. The van der Waals surface area contributed by atoms with Crippen LogP contribution in [-0.2, 0) is 0 Å². The van der Waals surface area contributed by atoms with Crippen molar-refractivity contribution >= 4 is 8.58 Å². The zero-order chi connectivity index (χ0) is 12.7. The van der Waals surface area contributed by atoms with Crippen LogP contribution in [0.1, 0.15) is 53.4 Å². The van der Waals surface area contributed by atoms with Crippen LogP contribution in [0.5, 0.6) is 0 Å². The highest BCUT2D eigenvalue weighted by molar-refractivity contribution is 7.37. The summed E-state index contributed by atoms with van der Waals surface area (Å²) in [5.41, 5.74) is 3.16. The second-order valence-electron chi connectivity index (χ2n) is 5.45. The zero-order valence-electron chi connectivity index (χ0n) is 12.1. The lowest BCUT2D eigenvalue weighted by atomic mass is 9.78. The van der Waals surface area contributed by atoms with Gasteiger partial charge in [0.2, 0.25) is 0 Å². The first-order valence-electron chi connectivity index (χ1n) is 7.21. The molecule has 0 saturated heterocycles. The van der Waals surface area contributed by atoms with Gasteiger partial charge in [0.15, 0.2) is 0 Å². The zero-order valence-corrected chi connectivity index (χ0v) is 13.1. The first kappa shape index (κ1) is 15.0. The summed E-state index contributed by atoms with van der Waals surface area (Å²) in [7, 11) is 1.17. The van der Waals surface area contributed by atoms with Gasteiger partial charge in [0.1, 0.15) is 0 Å². The van der Waals surface area contributed by atoms with Crippen molar-refractivity contribution in [3.63, 3.8) is 0 Å². The predicted molar refractivity (Wildman–Crippen MR) is 82.4 cm³/mol. The third-order valence-corrected chi connectivity index (χ3v) is 5.42. The molecule has 0 amide bonds. The molecule has 1 aliphatic rings. The second kappa shape index (κ2) is 8.09. The van der Waals surface area contributed by atoms with Gasteiger partial charge in [-0.15, -0.1) is 8.58 Å². The summed E-state index contributed by atoms with van der Waals surface area (Å²) in [6.45, 7) is 9.12. The minimum atomic E-state index is 0.917. The molecule has 0 heterocycles. The second-order valence-corrected chi connectivity index (χ2v) is 6.85. The Labute approximate surface area is 110 Å². The molecule has 0 N–H and O–H groups in total. The molecule has 1 aliphatic carbocycles. The van der Waals surface area contributed by atoms with Crippen molar-refractivity contribution in [2.75, 3.05) is 12.3 Å². The third kappa shape index (κ3) is 5.38. The molecule has 0 aromatic carbocycles. The summed E-state index contributed by atoms with van der Waals surface area (Å²) < 4.78 is 0. The van der Waals surface area contributed by atoms with Crippen LogP contribution in [0.3, 0.4) is 0 Å². The van der Waals surface area contributed by atoms with E-state index in [1.54, 1.807) is 11.1 Å². The fourth-order valence-electron chi connectivity index (χ4n) is 2.46. The Morgan fingerprint density at radius 1 is 1.53 bits per heavy atom. The van der Waals surface area contributed by atoms with Gasteiger partial charge in [-0.05, 0) is 57.3 Å². The molecular weight excluding hydrogens is 223 g/mol. The molecule has 0 aliphatic heterocycles. The molecule has 0 aromatic heterocycles. The van der Waals surface area contributed by atoms with Crippen LogP contribution in [0, 0.1) is 11.8 Å². The maximum Gasteiger partial charge on any atom is -0.0162 e. The first-order chi connectivity index (χ1) is 8.17. The van der Waals surface area contributed by atoms with E-state index in [9.17, 15) is 0 Å². The van der Waals surface area contributed by atoms with Gasteiger partial charge in [-0.25, -0.2) is 0 Å². The van der Waals surface area contributed by atoms with Gasteiger partial charge in [0.05, 0.1) is 0 Å². The summed E-state index contributed by atoms with van der Waals surface area (Å²) >= 11 is 0. The molecule has 3 unspecified atom stereocenters. The van der Waals surface area contributed by atoms with Crippen LogP contribution < -0.4 is 0 Å². The molecule has 17 heavy (non-hydrogen) atoms. The average molecular weight is 252 g/mol. The molecule has 98 valence electrons. The molecule has 0 spiro atoms. The maximum absolute atomic E-state index is 2.50. The van der Waals surface area contributed by atoms with Gasteiger partial charge in [-0.3, -0.25) is 0 Å². The molecule has 0 saturated carbocycles. The molecule has 0 fully saturated rings. The quantitative estimate of drug-likeness (QED) is 0.308. The van der Waals surface area contributed by atoms with Crippen molar-refractivity contribution in [3.05, 3.63) is 23.3 Å². The molecule has 3 atom stereocenters. The van der Waals surface area contributed by atoms with E-state index in [0.717, 1.165) is 11.8 Å². The molecule has 0 nitrogen and oxygen atoms in total. The Morgan fingerprint density at radius 3 is 2.76 bits per heavy atom. The highest BCUT2D eigenvalue weighted by atomic mass is 31.1. The van der Waals surface area contributed by atoms with Crippen LogP contribution in [0.4, 0.5) is 0 Å². The number of rotatable bonds is 8. The molecule has 1 heteroatoms. The minimum Gasteiger partial charge on any atom is -0.121 e. The summed E-state index contributed by atoms with van der Waals surface area (Å²) in [6, 6.07) is 0.